The minimum Gasteiger partial charge on any atom is -0.481 e. The van der Waals surface area contributed by atoms with Crippen molar-refractivity contribution in [1.82, 2.24) is 5.32 Å². The maximum Gasteiger partial charge on any atom is 0.303 e. The predicted octanol–water partition coefficient (Wildman–Crippen LogP) is 0.341. The highest BCUT2D eigenvalue weighted by Gasteiger charge is 2.16. The minimum atomic E-state index is -0.851. The number of carboxylic acid groups (broad SMARTS) is 1. The zero-order valence-electron chi connectivity index (χ0n) is 9.54. The van der Waals surface area contributed by atoms with E-state index in [1.807, 2.05) is 0 Å². The molecule has 0 aliphatic heterocycles. The summed E-state index contributed by atoms with van der Waals surface area (Å²) in [5.41, 5.74) is 5.14. The Hall–Kier alpha value is -1.10. The lowest BCUT2D eigenvalue weighted by molar-refractivity contribution is -0.138. The van der Waals surface area contributed by atoms with Crippen LogP contribution in [0.15, 0.2) is 0 Å². The summed E-state index contributed by atoms with van der Waals surface area (Å²) < 4.78 is 0. The van der Waals surface area contributed by atoms with Gasteiger partial charge in [0.2, 0.25) is 5.91 Å². The van der Waals surface area contributed by atoms with Gasteiger partial charge in [-0.25, -0.2) is 0 Å². The molecule has 5 nitrogen and oxygen atoms in total. The van der Waals surface area contributed by atoms with Gasteiger partial charge in [-0.2, -0.15) is 0 Å². The number of carbonyl (C=O) groups is 2. The molecule has 0 aliphatic rings. The summed E-state index contributed by atoms with van der Waals surface area (Å²) in [5.74, 6) is -1.05. The number of nitrogens with one attached hydrogen (secondary N) is 1. The SMILES string of the molecule is CC(CNC(=O)CC(C)(C)N)CC(=O)O. The molecule has 0 saturated heterocycles. The second kappa shape index (κ2) is 5.70. The van der Waals surface area contributed by atoms with E-state index < -0.39 is 11.5 Å². The third-order valence-corrected chi connectivity index (χ3v) is 1.79. The van der Waals surface area contributed by atoms with E-state index >= 15 is 0 Å². The number of nitrogens with two attached hydrogens (primary N) is 1. The number of hydrogen-bond donors (Lipinski definition) is 3. The molecular formula is C10H20N2O3. The summed E-state index contributed by atoms with van der Waals surface area (Å²) in [7, 11) is 0. The van der Waals surface area contributed by atoms with E-state index in [2.05, 4.69) is 5.32 Å². The number of amides is 1. The van der Waals surface area contributed by atoms with Crippen molar-refractivity contribution < 1.29 is 14.7 Å². The summed E-state index contributed by atoms with van der Waals surface area (Å²) in [5, 5.41) is 11.2. The minimum absolute atomic E-state index is 0.0618. The molecule has 5 heteroatoms. The summed E-state index contributed by atoms with van der Waals surface area (Å²) in [6.07, 6.45) is 0.305. The molecule has 1 unspecified atom stereocenters. The van der Waals surface area contributed by atoms with Crippen LogP contribution in [0.4, 0.5) is 0 Å². The molecule has 0 spiro atoms. The van der Waals surface area contributed by atoms with Gasteiger partial charge in [-0.05, 0) is 19.8 Å². The molecule has 88 valence electrons. The zero-order chi connectivity index (χ0) is 12.1. The van der Waals surface area contributed by atoms with Gasteiger partial charge in [-0.15, -0.1) is 0 Å². The second-order valence-corrected chi connectivity index (χ2v) is 4.67. The van der Waals surface area contributed by atoms with E-state index in [0.717, 1.165) is 0 Å². The molecule has 0 heterocycles. The first-order chi connectivity index (χ1) is 6.70. The molecule has 1 atom stereocenters. The van der Waals surface area contributed by atoms with Gasteiger partial charge >= 0.3 is 5.97 Å². The fraction of sp³-hybridized carbons (Fsp3) is 0.800. The van der Waals surface area contributed by atoms with Crippen molar-refractivity contribution >= 4 is 11.9 Å². The summed E-state index contributed by atoms with van der Waals surface area (Å²) in [6.45, 7) is 5.70. The number of carboxylic acids is 1. The third kappa shape index (κ3) is 9.21. The molecule has 0 rings (SSSR count). The monoisotopic (exact) mass is 216 g/mol. The smallest absolute Gasteiger partial charge is 0.303 e. The highest BCUT2D eigenvalue weighted by Crippen LogP contribution is 2.04. The normalized spacial score (nSPS) is 13.3. The molecule has 0 radical (unpaired) electrons. The molecule has 0 aliphatic carbocycles. The van der Waals surface area contributed by atoms with Crippen LogP contribution in [0, 0.1) is 5.92 Å². The average molecular weight is 216 g/mol. The van der Waals surface area contributed by atoms with E-state index in [1.54, 1.807) is 20.8 Å². The van der Waals surface area contributed by atoms with Crippen LogP contribution in [0.1, 0.15) is 33.6 Å². The molecule has 0 saturated carbocycles. The number of hydrogen-bond acceptors (Lipinski definition) is 3. The molecule has 0 bridgehead atoms. The van der Waals surface area contributed by atoms with Gasteiger partial charge in [-0.3, -0.25) is 9.59 Å². The van der Waals surface area contributed by atoms with Crippen molar-refractivity contribution in [2.45, 2.75) is 39.2 Å². The van der Waals surface area contributed by atoms with Gasteiger partial charge < -0.3 is 16.2 Å². The molecule has 0 aromatic rings. The van der Waals surface area contributed by atoms with E-state index in [0.29, 0.717) is 6.54 Å². The molecular weight excluding hydrogens is 196 g/mol. The Balaban J connectivity index is 3.76. The standard InChI is InChI=1S/C10H20N2O3/c1-7(4-9(14)15)6-12-8(13)5-10(2,3)11/h7H,4-6,11H2,1-3H3,(H,12,13)(H,14,15). The van der Waals surface area contributed by atoms with Crippen molar-refractivity contribution in [2.24, 2.45) is 11.7 Å². The quantitative estimate of drug-likeness (QED) is 0.597. The first-order valence-electron chi connectivity index (χ1n) is 4.98. The first-order valence-corrected chi connectivity index (χ1v) is 4.98. The van der Waals surface area contributed by atoms with Gasteiger partial charge in [-0.1, -0.05) is 6.92 Å². The highest BCUT2D eigenvalue weighted by molar-refractivity contribution is 5.77. The molecule has 0 fully saturated rings. The van der Waals surface area contributed by atoms with Crippen LogP contribution in [0.2, 0.25) is 0 Å². The summed E-state index contributed by atoms with van der Waals surface area (Å²) in [6, 6.07) is 0. The van der Waals surface area contributed by atoms with Crippen molar-refractivity contribution in [3.63, 3.8) is 0 Å². The lowest BCUT2D eigenvalue weighted by Crippen LogP contribution is -2.40. The number of rotatable bonds is 6. The third-order valence-electron chi connectivity index (χ3n) is 1.79. The average Bonchev–Trinajstić information content (AvgIpc) is 1.96. The largest absolute Gasteiger partial charge is 0.481 e. The first kappa shape index (κ1) is 13.9. The zero-order valence-corrected chi connectivity index (χ0v) is 9.54. The van der Waals surface area contributed by atoms with Crippen LogP contribution >= 0.6 is 0 Å². The van der Waals surface area contributed by atoms with Crippen LogP contribution in [-0.4, -0.2) is 29.1 Å². The van der Waals surface area contributed by atoms with Gasteiger partial charge in [0.15, 0.2) is 0 Å². The Morgan fingerprint density at radius 1 is 1.47 bits per heavy atom. The molecule has 15 heavy (non-hydrogen) atoms. The molecule has 0 aromatic heterocycles. The lowest BCUT2D eigenvalue weighted by atomic mass is 10.0. The van der Waals surface area contributed by atoms with Crippen LogP contribution in [0.25, 0.3) is 0 Å². The predicted molar refractivity (Wildman–Crippen MR) is 57.3 cm³/mol. The fourth-order valence-corrected chi connectivity index (χ4v) is 1.13. The Kier molecular flexibility index (Phi) is 5.28. The Morgan fingerprint density at radius 3 is 2.40 bits per heavy atom. The molecule has 1 amide bonds. The van der Waals surface area contributed by atoms with Crippen molar-refractivity contribution in [2.75, 3.05) is 6.54 Å². The maximum atomic E-state index is 11.3. The van der Waals surface area contributed by atoms with Gasteiger partial charge in [0.05, 0.1) is 0 Å². The van der Waals surface area contributed by atoms with Crippen LogP contribution < -0.4 is 11.1 Å². The van der Waals surface area contributed by atoms with Crippen molar-refractivity contribution in [3.05, 3.63) is 0 Å². The fourth-order valence-electron chi connectivity index (χ4n) is 1.13. The number of aliphatic carboxylic acids is 1. The van der Waals surface area contributed by atoms with E-state index in [1.165, 1.54) is 0 Å². The second-order valence-electron chi connectivity index (χ2n) is 4.67. The van der Waals surface area contributed by atoms with Gasteiger partial charge in [0.1, 0.15) is 0 Å². The van der Waals surface area contributed by atoms with E-state index in [-0.39, 0.29) is 24.7 Å². The molecule has 4 N–H and O–H groups in total. The van der Waals surface area contributed by atoms with E-state index in [9.17, 15) is 9.59 Å². The van der Waals surface area contributed by atoms with Crippen molar-refractivity contribution in [1.29, 1.82) is 0 Å². The Labute approximate surface area is 90.0 Å². The lowest BCUT2D eigenvalue weighted by Gasteiger charge is -2.18. The Bertz CT molecular complexity index is 233. The summed E-state index contributed by atoms with van der Waals surface area (Å²) in [4.78, 5) is 21.7. The summed E-state index contributed by atoms with van der Waals surface area (Å²) >= 11 is 0. The van der Waals surface area contributed by atoms with Crippen LogP contribution in [0.5, 0.6) is 0 Å². The topological polar surface area (TPSA) is 92.4 Å². The highest BCUT2D eigenvalue weighted by atomic mass is 16.4. The van der Waals surface area contributed by atoms with Crippen molar-refractivity contribution in [3.8, 4) is 0 Å². The maximum absolute atomic E-state index is 11.3. The van der Waals surface area contributed by atoms with Gasteiger partial charge in [0.25, 0.3) is 0 Å². The van der Waals surface area contributed by atoms with Crippen LogP contribution in [-0.2, 0) is 9.59 Å². The van der Waals surface area contributed by atoms with Gasteiger partial charge in [0, 0.05) is 24.9 Å². The van der Waals surface area contributed by atoms with E-state index in [4.69, 9.17) is 10.8 Å². The molecule has 0 aromatic carbocycles. The Morgan fingerprint density at radius 2 is 2.00 bits per heavy atom. The number of carbonyl (C=O) groups excluding carboxylic acids is 1. The van der Waals surface area contributed by atoms with Crippen LogP contribution in [0.3, 0.4) is 0 Å².